The topological polar surface area (TPSA) is 71.4 Å². The number of nitrogens with zero attached hydrogens (tertiary/aromatic N) is 1. The van der Waals surface area contributed by atoms with Gasteiger partial charge in [0.1, 0.15) is 11.7 Å². The van der Waals surface area contributed by atoms with Crippen molar-refractivity contribution in [2.75, 3.05) is 13.3 Å². The summed E-state index contributed by atoms with van der Waals surface area (Å²) in [6.45, 7) is 14.4. The number of thiazole rings is 1. The van der Waals surface area contributed by atoms with Crippen LogP contribution in [0.1, 0.15) is 39.0 Å². The van der Waals surface area contributed by atoms with Crippen molar-refractivity contribution in [2.45, 2.75) is 39.5 Å². The molecule has 0 spiro atoms. The number of thioether (sulfide) groups is 1. The van der Waals surface area contributed by atoms with E-state index in [4.69, 9.17) is 5.26 Å². The maximum absolute atomic E-state index is 11.5. The lowest BCUT2D eigenvalue weighted by molar-refractivity contribution is -0.247. The van der Waals surface area contributed by atoms with E-state index in [9.17, 15) is 4.79 Å². The van der Waals surface area contributed by atoms with Gasteiger partial charge in [-0.2, -0.15) is 0 Å². The number of carbonyl (C=O) groups excluding carboxylic acids is 1. The molecular formula is C25H30N2O3S2. The molecule has 1 aromatic heterocycles. The zero-order valence-electron chi connectivity index (χ0n) is 19.2. The summed E-state index contributed by atoms with van der Waals surface area (Å²) in [4.78, 5) is 22.8. The first-order valence-corrected chi connectivity index (χ1v) is 11.8. The van der Waals surface area contributed by atoms with Crippen molar-refractivity contribution in [3.05, 3.63) is 81.2 Å². The third-order valence-electron chi connectivity index (χ3n) is 4.65. The minimum atomic E-state index is 0.0949. The fourth-order valence-corrected chi connectivity index (χ4v) is 5.08. The molecule has 0 atom stereocenters. The molecule has 0 saturated heterocycles. The first-order valence-electron chi connectivity index (χ1n) is 10.2. The first kappa shape index (κ1) is 26.0. The van der Waals surface area contributed by atoms with Crippen molar-refractivity contribution in [2.24, 2.45) is 0 Å². The van der Waals surface area contributed by atoms with Crippen LogP contribution < -0.4 is 5.32 Å². The van der Waals surface area contributed by atoms with E-state index in [1.165, 1.54) is 32.9 Å². The van der Waals surface area contributed by atoms with Gasteiger partial charge in [0.15, 0.2) is 5.78 Å². The van der Waals surface area contributed by atoms with Gasteiger partial charge in [-0.25, -0.2) is 9.87 Å². The molecule has 32 heavy (non-hydrogen) atoms. The molecule has 7 heteroatoms. The molecule has 0 aliphatic carbocycles. The number of rotatable bonds is 8. The van der Waals surface area contributed by atoms with Gasteiger partial charge in [-0.3, -0.25) is 15.4 Å². The highest BCUT2D eigenvalue weighted by Gasteiger charge is 2.15. The average molecular weight is 471 g/mol. The van der Waals surface area contributed by atoms with Crippen molar-refractivity contribution >= 4 is 28.9 Å². The second kappa shape index (κ2) is 12.7. The van der Waals surface area contributed by atoms with Gasteiger partial charge in [0.2, 0.25) is 0 Å². The molecule has 2 N–H and O–H groups in total. The third kappa shape index (κ3) is 7.39. The lowest BCUT2D eigenvalue weighted by Gasteiger charge is -2.08. The van der Waals surface area contributed by atoms with Gasteiger partial charge in [0.25, 0.3) is 0 Å². The lowest BCUT2D eigenvalue weighted by Crippen LogP contribution is -2.18. The molecule has 0 radical (unpaired) electrons. The largest absolute Gasteiger partial charge is 0.294 e. The van der Waals surface area contributed by atoms with Gasteiger partial charge in [-0.1, -0.05) is 54.7 Å². The average Bonchev–Trinajstić information content (AvgIpc) is 3.12. The van der Waals surface area contributed by atoms with Crippen LogP contribution >= 0.6 is 23.1 Å². The summed E-state index contributed by atoms with van der Waals surface area (Å²) in [5, 5.41) is 11.9. The molecule has 5 nitrogen and oxygen atoms in total. The summed E-state index contributed by atoms with van der Waals surface area (Å²) in [6.07, 6.45) is 0. The molecule has 0 aliphatic rings. The molecule has 0 bridgehead atoms. The van der Waals surface area contributed by atoms with Crippen LogP contribution in [-0.4, -0.2) is 29.3 Å². The number of nitrogens with one attached hydrogen (secondary N) is 1. The molecule has 2 aromatic carbocycles. The summed E-state index contributed by atoms with van der Waals surface area (Å²) in [5.74, 6) is 0.0949. The fraction of sp³-hybridized carbons (Fsp3) is 0.280. The zero-order chi connectivity index (χ0) is 23.7. The number of carbonyl (C=O) groups is 1. The molecule has 0 fully saturated rings. The summed E-state index contributed by atoms with van der Waals surface area (Å²) >= 11 is 3.11. The lowest BCUT2D eigenvalue weighted by atomic mass is 10.0. The van der Waals surface area contributed by atoms with Gasteiger partial charge >= 0.3 is 0 Å². The minimum absolute atomic E-state index is 0.0949. The third-order valence-corrected chi connectivity index (χ3v) is 7.03. The standard InChI is InChI=1S/C14H15NOS.C11H15NO2S/c1-8-6-5-7-9(2)12(8)14-15-10(3)13(17-14)11(4)16;1-9-5-3-4-6-11(9)15-10(2)7-12-8-14-13/h5-7H,1-4H3;3-6,12-13H,2,7-8H2,1H3. The number of ketones is 1. The predicted octanol–water partition coefficient (Wildman–Crippen LogP) is 6.58. The summed E-state index contributed by atoms with van der Waals surface area (Å²) < 4.78 is 0. The van der Waals surface area contributed by atoms with E-state index in [0.29, 0.717) is 6.54 Å². The maximum Gasteiger partial charge on any atom is 0.171 e. The van der Waals surface area contributed by atoms with Crippen LogP contribution in [0, 0.1) is 27.7 Å². The number of aromatic nitrogens is 1. The first-order chi connectivity index (χ1) is 15.2. The van der Waals surface area contributed by atoms with E-state index in [2.05, 4.69) is 66.8 Å². The highest BCUT2D eigenvalue weighted by atomic mass is 32.2. The number of benzene rings is 2. The Bertz CT molecular complexity index is 1060. The van der Waals surface area contributed by atoms with Crippen molar-refractivity contribution in [1.82, 2.24) is 10.3 Å². The van der Waals surface area contributed by atoms with Crippen molar-refractivity contribution in [1.29, 1.82) is 0 Å². The summed E-state index contributed by atoms with van der Waals surface area (Å²) in [6, 6.07) is 14.3. The maximum atomic E-state index is 11.5. The SMILES string of the molecule is C=C(CNCOO)Sc1ccccc1C.CC(=O)c1sc(-c2c(C)cccc2C)nc1C. The highest BCUT2D eigenvalue weighted by Crippen LogP contribution is 2.32. The van der Waals surface area contributed by atoms with Gasteiger partial charge < -0.3 is 0 Å². The van der Waals surface area contributed by atoms with Gasteiger partial charge in [-0.15, -0.1) is 11.3 Å². The van der Waals surface area contributed by atoms with E-state index >= 15 is 0 Å². The Morgan fingerprint density at radius 2 is 1.72 bits per heavy atom. The van der Waals surface area contributed by atoms with E-state index in [-0.39, 0.29) is 12.5 Å². The van der Waals surface area contributed by atoms with Crippen LogP contribution in [0.5, 0.6) is 0 Å². The number of Topliss-reactive ketones (excluding diaryl/α,β-unsaturated/α-hetero) is 1. The highest BCUT2D eigenvalue weighted by molar-refractivity contribution is 8.03. The second-order valence-corrected chi connectivity index (χ2v) is 9.58. The molecule has 3 aromatic rings. The molecule has 0 amide bonds. The monoisotopic (exact) mass is 470 g/mol. The molecule has 0 unspecified atom stereocenters. The predicted molar refractivity (Wildman–Crippen MR) is 135 cm³/mol. The van der Waals surface area contributed by atoms with Crippen LogP contribution in [0.25, 0.3) is 10.6 Å². The van der Waals surface area contributed by atoms with Crippen LogP contribution in [0.15, 0.2) is 58.8 Å². The Hall–Kier alpha value is -2.29. The van der Waals surface area contributed by atoms with Crippen LogP contribution in [0.3, 0.4) is 0 Å². The molecule has 1 heterocycles. The van der Waals surface area contributed by atoms with E-state index in [0.717, 1.165) is 26.0 Å². The second-order valence-electron chi connectivity index (χ2n) is 7.36. The molecule has 3 rings (SSSR count). The van der Waals surface area contributed by atoms with Gasteiger partial charge in [-0.05, 0) is 55.4 Å². The van der Waals surface area contributed by atoms with Crippen LogP contribution in [0.2, 0.25) is 0 Å². The van der Waals surface area contributed by atoms with Gasteiger partial charge in [0.05, 0.1) is 10.6 Å². The van der Waals surface area contributed by atoms with E-state index in [1.54, 1.807) is 18.7 Å². The van der Waals surface area contributed by atoms with Gasteiger partial charge in [0, 0.05) is 23.9 Å². The summed E-state index contributed by atoms with van der Waals surface area (Å²) in [7, 11) is 0. The smallest absolute Gasteiger partial charge is 0.171 e. The van der Waals surface area contributed by atoms with Crippen molar-refractivity contribution in [3.8, 4) is 10.6 Å². The molecule has 0 saturated carbocycles. The fourth-order valence-electron chi connectivity index (χ4n) is 3.08. The molecule has 170 valence electrons. The minimum Gasteiger partial charge on any atom is -0.294 e. The van der Waals surface area contributed by atoms with Crippen molar-refractivity contribution < 1.29 is 14.9 Å². The van der Waals surface area contributed by atoms with E-state index < -0.39 is 0 Å². The zero-order valence-corrected chi connectivity index (χ0v) is 20.8. The summed E-state index contributed by atoms with van der Waals surface area (Å²) in [5.41, 5.74) is 5.64. The normalized spacial score (nSPS) is 10.4. The Labute approximate surface area is 198 Å². The van der Waals surface area contributed by atoms with Crippen LogP contribution in [-0.2, 0) is 4.89 Å². The van der Waals surface area contributed by atoms with Crippen LogP contribution in [0.4, 0.5) is 0 Å². The number of hydrogen-bond donors (Lipinski definition) is 2. The van der Waals surface area contributed by atoms with E-state index in [1.807, 2.05) is 25.1 Å². The number of hydrogen-bond acceptors (Lipinski definition) is 7. The quantitative estimate of drug-likeness (QED) is 0.0968. The Balaban J connectivity index is 0.000000229. The molecular weight excluding hydrogens is 440 g/mol. The Kier molecular flexibility index (Phi) is 10.3. The Morgan fingerprint density at radius 1 is 1.09 bits per heavy atom. The van der Waals surface area contributed by atoms with Crippen molar-refractivity contribution in [3.63, 3.8) is 0 Å². The Morgan fingerprint density at radius 3 is 2.28 bits per heavy atom. The molecule has 0 aliphatic heterocycles. The number of aryl methyl sites for hydroxylation is 4.